The van der Waals surface area contributed by atoms with Gasteiger partial charge in [0.2, 0.25) is 5.89 Å². The van der Waals surface area contributed by atoms with Gasteiger partial charge >= 0.3 is 5.97 Å². The van der Waals surface area contributed by atoms with Crippen molar-refractivity contribution in [1.29, 1.82) is 0 Å². The molecular weight excluding hydrogens is 284 g/mol. The molecule has 1 aromatic heterocycles. The molecule has 1 amide bonds. The van der Waals surface area contributed by atoms with Crippen LogP contribution in [-0.2, 0) is 4.79 Å². The van der Waals surface area contributed by atoms with Crippen LogP contribution in [0.25, 0.3) is 0 Å². The van der Waals surface area contributed by atoms with E-state index < -0.39 is 17.9 Å². The van der Waals surface area contributed by atoms with Crippen LogP contribution in [0, 0.1) is 0 Å². The lowest BCUT2D eigenvalue weighted by molar-refractivity contribution is -0.140. The van der Waals surface area contributed by atoms with Gasteiger partial charge < -0.3 is 19.8 Å². The van der Waals surface area contributed by atoms with E-state index in [1.807, 2.05) is 0 Å². The van der Waals surface area contributed by atoms with Crippen LogP contribution < -0.4 is 5.32 Å². The monoisotopic (exact) mass is 298 g/mol. The van der Waals surface area contributed by atoms with Crippen LogP contribution in [0.3, 0.4) is 0 Å². The summed E-state index contributed by atoms with van der Waals surface area (Å²) in [5.41, 5.74) is 0. The van der Waals surface area contributed by atoms with E-state index in [1.54, 1.807) is 0 Å². The van der Waals surface area contributed by atoms with E-state index in [4.69, 9.17) is 9.63 Å². The molecule has 0 radical (unpaired) electrons. The van der Waals surface area contributed by atoms with Gasteiger partial charge in [0, 0.05) is 5.75 Å². The van der Waals surface area contributed by atoms with Crippen molar-refractivity contribution in [3.05, 3.63) is 11.7 Å². The third kappa shape index (κ3) is 2.38. The number of carbonyl (C=O) groups excluding carboxylic acids is 1. The lowest BCUT2D eigenvalue weighted by Crippen LogP contribution is -2.42. The topological polar surface area (TPSA) is 109 Å². The number of rotatable bonds is 3. The van der Waals surface area contributed by atoms with Gasteiger partial charge in [0.05, 0.1) is 11.9 Å². The third-order valence-corrected chi connectivity index (χ3v) is 4.43. The predicted octanol–water partition coefficient (Wildman–Crippen LogP) is 0.0938. The van der Waals surface area contributed by atoms with Gasteiger partial charge in [-0.3, -0.25) is 4.79 Å². The number of hydrogen-bond acceptors (Lipinski definition) is 7. The molecule has 0 saturated carbocycles. The van der Waals surface area contributed by atoms with E-state index in [2.05, 4.69) is 15.5 Å². The van der Waals surface area contributed by atoms with E-state index in [0.717, 1.165) is 19.4 Å². The Morgan fingerprint density at radius 2 is 2.35 bits per heavy atom. The van der Waals surface area contributed by atoms with Crippen molar-refractivity contribution in [3.63, 3.8) is 0 Å². The zero-order chi connectivity index (χ0) is 14.1. The normalized spacial score (nSPS) is 26.1. The second-order valence-corrected chi connectivity index (χ2v) is 5.73. The van der Waals surface area contributed by atoms with Crippen molar-refractivity contribution in [2.45, 2.75) is 24.9 Å². The zero-order valence-electron chi connectivity index (χ0n) is 10.6. The van der Waals surface area contributed by atoms with Gasteiger partial charge in [0.15, 0.2) is 0 Å². The molecule has 2 N–H and O–H groups in total. The number of hydrogen-bond donors (Lipinski definition) is 2. The Morgan fingerprint density at radius 3 is 3.05 bits per heavy atom. The highest BCUT2D eigenvalue weighted by molar-refractivity contribution is 7.99. The number of carboxylic acid groups (broad SMARTS) is 1. The van der Waals surface area contributed by atoms with Gasteiger partial charge in [0.1, 0.15) is 6.04 Å². The molecule has 1 aromatic rings. The molecule has 9 heteroatoms. The molecule has 108 valence electrons. The summed E-state index contributed by atoms with van der Waals surface area (Å²) in [6.45, 7) is 0.889. The molecule has 2 aliphatic rings. The van der Waals surface area contributed by atoms with Gasteiger partial charge in [-0.05, 0) is 19.4 Å². The van der Waals surface area contributed by atoms with Gasteiger partial charge in [-0.2, -0.15) is 4.98 Å². The second-order valence-electron chi connectivity index (χ2n) is 4.73. The van der Waals surface area contributed by atoms with E-state index in [-0.39, 0.29) is 11.9 Å². The molecule has 0 aliphatic carbocycles. The minimum Gasteiger partial charge on any atom is -0.480 e. The molecule has 2 unspecified atom stereocenters. The minimum atomic E-state index is -1.01. The predicted molar refractivity (Wildman–Crippen MR) is 69.2 cm³/mol. The Labute approximate surface area is 118 Å². The number of carboxylic acids is 1. The molecule has 0 aromatic carbocycles. The summed E-state index contributed by atoms with van der Waals surface area (Å²) in [4.78, 5) is 28.7. The average Bonchev–Trinajstić information content (AvgIpc) is 3.17. The van der Waals surface area contributed by atoms with Gasteiger partial charge in [-0.25, -0.2) is 4.79 Å². The van der Waals surface area contributed by atoms with Crippen molar-refractivity contribution in [2.24, 2.45) is 0 Å². The number of nitrogens with zero attached hydrogens (tertiary/aromatic N) is 3. The van der Waals surface area contributed by atoms with E-state index in [9.17, 15) is 9.59 Å². The first-order valence-electron chi connectivity index (χ1n) is 6.35. The van der Waals surface area contributed by atoms with E-state index >= 15 is 0 Å². The standard InChI is InChI=1S/C11H14N4O4S/c16-10(15-5-20-4-7(15)11(17)18)8-13-9(19-14-8)6-2-1-3-12-6/h6-7,12H,1-5H2,(H,17,18). The molecule has 2 atom stereocenters. The first-order valence-corrected chi connectivity index (χ1v) is 7.51. The van der Waals surface area contributed by atoms with Gasteiger partial charge in [0.25, 0.3) is 11.7 Å². The molecule has 2 fully saturated rings. The summed E-state index contributed by atoms with van der Waals surface area (Å²) in [6, 6.07) is -0.827. The number of carbonyl (C=O) groups is 2. The fourth-order valence-electron chi connectivity index (χ4n) is 2.33. The molecule has 2 aliphatic heterocycles. The molecule has 20 heavy (non-hydrogen) atoms. The minimum absolute atomic E-state index is 0.00715. The molecule has 0 bridgehead atoms. The maximum absolute atomic E-state index is 12.2. The first-order chi connectivity index (χ1) is 9.66. The number of thioether (sulfide) groups is 1. The molecule has 3 heterocycles. The summed E-state index contributed by atoms with van der Waals surface area (Å²) in [6.07, 6.45) is 1.92. The van der Waals surface area contributed by atoms with Crippen molar-refractivity contribution >= 4 is 23.6 Å². The maximum Gasteiger partial charge on any atom is 0.327 e. The van der Waals surface area contributed by atoms with Crippen molar-refractivity contribution < 1.29 is 19.2 Å². The molecule has 0 spiro atoms. The highest BCUT2D eigenvalue weighted by Crippen LogP contribution is 2.24. The van der Waals surface area contributed by atoms with Gasteiger partial charge in [-0.1, -0.05) is 5.16 Å². The summed E-state index contributed by atoms with van der Waals surface area (Å²) in [7, 11) is 0. The van der Waals surface area contributed by atoms with Crippen LogP contribution in [0.1, 0.15) is 35.4 Å². The second kappa shape index (κ2) is 5.41. The summed E-state index contributed by atoms with van der Waals surface area (Å²) >= 11 is 1.40. The average molecular weight is 298 g/mol. The third-order valence-electron chi connectivity index (χ3n) is 3.42. The molecular formula is C11H14N4O4S. The SMILES string of the molecule is O=C(O)C1CSCN1C(=O)c1noc(C2CCCN2)n1. The van der Waals surface area contributed by atoms with Crippen molar-refractivity contribution in [1.82, 2.24) is 20.4 Å². The zero-order valence-corrected chi connectivity index (χ0v) is 11.4. The first kappa shape index (κ1) is 13.4. The Morgan fingerprint density at radius 1 is 1.50 bits per heavy atom. The Balaban J connectivity index is 1.75. The Bertz CT molecular complexity index is 528. The summed E-state index contributed by atoms with van der Waals surface area (Å²) in [5.74, 6) is -0.455. The highest BCUT2D eigenvalue weighted by Gasteiger charge is 2.37. The maximum atomic E-state index is 12.2. The van der Waals surface area contributed by atoms with Crippen LogP contribution in [0.5, 0.6) is 0 Å². The largest absolute Gasteiger partial charge is 0.480 e. The number of nitrogens with one attached hydrogen (secondary N) is 1. The van der Waals surface area contributed by atoms with Crippen LogP contribution >= 0.6 is 11.8 Å². The molecule has 2 saturated heterocycles. The fraction of sp³-hybridized carbons (Fsp3) is 0.636. The van der Waals surface area contributed by atoms with Crippen LogP contribution in [0.4, 0.5) is 0 Å². The number of amides is 1. The quantitative estimate of drug-likeness (QED) is 0.808. The number of aromatic nitrogens is 2. The smallest absolute Gasteiger partial charge is 0.327 e. The lowest BCUT2D eigenvalue weighted by Gasteiger charge is -2.18. The van der Waals surface area contributed by atoms with Crippen molar-refractivity contribution in [3.8, 4) is 0 Å². The highest BCUT2D eigenvalue weighted by atomic mass is 32.2. The summed E-state index contributed by atoms with van der Waals surface area (Å²) < 4.78 is 5.10. The molecule has 3 rings (SSSR count). The van der Waals surface area contributed by atoms with E-state index in [0.29, 0.717) is 17.5 Å². The fourth-order valence-corrected chi connectivity index (χ4v) is 3.48. The van der Waals surface area contributed by atoms with E-state index in [1.165, 1.54) is 16.7 Å². The Kier molecular flexibility index (Phi) is 3.62. The van der Waals surface area contributed by atoms with Gasteiger partial charge in [-0.15, -0.1) is 11.8 Å². The molecule has 8 nitrogen and oxygen atoms in total. The summed E-state index contributed by atoms with van der Waals surface area (Å²) in [5, 5.41) is 16.0. The van der Waals surface area contributed by atoms with Crippen molar-refractivity contribution in [2.75, 3.05) is 18.2 Å². The van der Waals surface area contributed by atoms with Crippen LogP contribution in [0.15, 0.2) is 4.52 Å². The number of aliphatic carboxylic acids is 1. The lowest BCUT2D eigenvalue weighted by atomic mass is 10.2. The Hall–Kier alpha value is -1.61. The van der Waals surface area contributed by atoms with Crippen LogP contribution in [0.2, 0.25) is 0 Å². The van der Waals surface area contributed by atoms with Crippen LogP contribution in [-0.4, -0.2) is 56.2 Å².